The van der Waals surface area contributed by atoms with Crippen molar-refractivity contribution in [3.8, 4) is 0 Å². The van der Waals surface area contributed by atoms with Crippen molar-refractivity contribution in [2.45, 2.75) is 36.9 Å². The lowest BCUT2D eigenvalue weighted by atomic mass is 9.98. The van der Waals surface area contributed by atoms with E-state index in [4.69, 9.17) is 4.74 Å². The highest BCUT2D eigenvalue weighted by Crippen LogP contribution is 2.52. The summed E-state index contributed by atoms with van der Waals surface area (Å²) in [4.78, 5) is 13.1. The molecule has 166 valence electrons. The van der Waals surface area contributed by atoms with Gasteiger partial charge < -0.3 is 4.74 Å². The van der Waals surface area contributed by atoms with Crippen LogP contribution in [0.25, 0.3) is 0 Å². The van der Waals surface area contributed by atoms with Gasteiger partial charge in [0.15, 0.2) is 9.84 Å². The molecule has 0 heterocycles. The lowest BCUT2D eigenvalue weighted by Gasteiger charge is -2.38. The summed E-state index contributed by atoms with van der Waals surface area (Å²) in [5.74, 6) is -0.801. The number of carbonyl (C=O) groups excluding carboxylic acids is 1. The Hall–Kier alpha value is -2.18. The van der Waals surface area contributed by atoms with Gasteiger partial charge in [-0.1, -0.05) is 72.4 Å². The maximum Gasteiger partial charge on any atom is 0.308 e. The highest BCUT2D eigenvalue weighted by atomic mass is 32.2. The molecule has 4 atom stereocenters. The number of hydrogen-bond donors (Lipinski definition) is 0. The van der Waals surface area contributed by atoms with Crippen LogP contribution in [0.4, 0.5) is 0 Å². The molecule has 1 aliphatic rings. The van der Waals surface area contributed by atoms with Crippen molar-refractivity contribution in [3.63, 3.8) is 0 Å². The van der Waals surface area contributed by atoms with E-state index in [1.54, 1.807) is 12.1 Å². The van der Waals surface area contributed by atoms with E-state index in [2.05, 4.69) is 31.8 Å². The standard InChI is InChI=1S/C25H32O4SSi/c1-6-19-16-22(25(26)29-3)24(31(4,5)21-10-8-7-9-11-21)23(19)17-30(27,28)20-14-12-18(2)13-15-20/h6-15,19,22-24H,1,16-17H2,2-5H3/t19-,22+,23-,24-/m1/s1. The van der Waals surface area contributed by atoms with Gasteiger partial charge in [0.2, 0.25) is 0 Å². The lowest BCUT2D eigenvalue weighted by Crippen LogP contribution is -2.51. The number of ether oxygens (including phenoxy) is 1. The van der Waals surface area contributed by atoms with Gasteiger partial charge in [0.1, 0.15) is 0 Å². The number of hydrogen-bond acceptors (Lipinski definition) is 4. The first-order valence-corrected chi connectivity index (χ1v) is 15.4. The molecule has 0 saturated heterocycles. The molecule has 1 aliphatic carbocycles. The quantitative estimate of drug-likeness (QED) is 0.353. The molecule has 1 saturated carbocycles. The molecular weight excluding hydrogens is 424 g/mol. The molecule has 0 N–H and O–H groups in total. The number of benzene rings is 2. The summed E-state index contributed by atoms with van der Waals surface area (Å²) in [5, 5.41) is 1.22. The summed E-state index contributed by atoms with van der Waals surface area (Å²) in [6.45, 7) is 10.4. The Labute approximate surface area is 187 Å². The normalized spacial score (nSPS) is 24.0. The van der Waals surface area contributed by atoms with Crippen LogP contribution in [0.2, 0.25) is 18.6 Å². The summed E-state index contributed by atoms with van der Waals surface area (Å²) in [6, 6.07) is 17.2. The Balaban J connectivity index is 2.06. The Morgan fingerprint density at radius 2 is 1.74 bits per heavy atom. The van der Waals surface area contributed by atoms with Gasteiger partial charge in [0.25, 0.3) is 0 Å². The molecule has 1 fully saturated rings. The molecule has 2 aromatic carbocycles. The summed E-state index contributed by atoms with van der Waals surface area (Å²) in [5.41, 5.74) is 0.954. The SMILES string of the molecule is C=C[C@@H]1C[C@H](C(=O)OC)[C@@H]([Si](C)(C)c2ccccc2)[C@@H]1CS(=O)(=O)c1ccc(C)cc1. The molecule has 6 heteroatoms. The molecule has 0 aliphatic heterocycles. The van der Waals surface area contributed by atoms with Crippen LogP contribution >= 0.6 is 0 Å². The molecule has 2 aromatic rings. The van der Waals surface area contributed by atoms with Crippen LogP contribution in [0.3, 0.4) is 0 Å². The van der Waals surface area contributed by atoms with Crippen LogP contribution < -0.4 is 5.19 Å². The maximum atomic E-state index is 13.4. The van der Waals surface area contributed by atoms with E-state index < -0.39 is 17.9 Å². The minimum atomic E-state index is -3.51. The Morgan fingerprint density at radius 3 is 2.29 bits per heavy atom. The van der Waals surface area contributed by atoms with Gasteiger partial charge in [0, 0.05) is 0 Å². The van der Waals surface area contributed by atoms with Crippen molar-refractivity contribution in [2.75, 3.05) is 12.9 Å². The average Bonchev–Trinajstić information content (AvgIpc) is 3.12. The molecule has 0 radical (unpaired) electrons. The second kappa shape index (κ2) is 9.13. The van der Waals surface area contributed by atoms with Crippen LogP contribution in [0.1, 0.15) is 12.0 Å². The smallest absolute Gasteiger partial charge is 0.308 e. The van der Waals surface area contributed by atoms with E-state index in [1.807, 2.05) is 43.3 Å². The largest absolute Gasteiger partial charge is 0.469 e. The molecule has 31 heavy (non-hydrogen) atoms. The second-order valence-corrected chi connectivity index (χ2v) is 15.9. The fraction of sp³-hybridized carbons (Fsp3) is 0.400. The fourth-order valence-electron chi connectivity index (χ4n) is 5.27. The number of rotatable bonds is 7. The van der Waals surface area contributed by atoms with Crippen LogP contribution in [0.5, 0.6) is 0 Å². The maximum absolute atomic E-state index is 13.4. The first kappa shape index (κ1) is 23.5. The fourth-order valence-corrected chi connectivity index (χ4v) is 11.3. The number of sulfone groups is 1. The van der Waals surface area contributed by atoms with Crippen LogP contribution in [-0.4, -0.2) is 35.3 Å². The molecule has 0 spiro atoms. The third-order valence-electron chi connectivity index (χ3n) is 6.92. The Kier molecular flexibility index (Phi) is 6.91. The van der Waals surface area contributed by atoms with Crippen molar-refractivity contribution in [2.24, 2.45) is 17.8 Å². The van der Waals surface area contributed by atoms with Gasteiger partial charge in [0.05, 0.1) is 31.7 Å². The first-order valence-electron chi connectivity index (χ1n) is 10.7. The van der Waals surface area contributed by atoms with E-state index in [9.17, 15) is 13.2 Å². The topological polar surface area (TPSA) is 60.4 Å². The number of esters is 1. The molecule has 0 unspecified atom stereocenters. The van der Waals surface area contributed by atoms with Crippen molar-refractivity contribution < 1.29 is 17.9 Å². The Bertz CT molecular complexity index is 1030. The first-order chi connectivity index (χ1) is 14.6. The van der Waals surface area contributed by atoms with E-state index in [1.165, 1.54) is 12.3 Å². The number of allylic oxidation sites excluding steroid dienone is 1. The second-order valence-electron chi connectivity index (χ2n) is 9.14. The van der Waals surface area contributed by atoms with Crippen molar-refractivity contribution in [1.29, 1.82) is 0 Å². The number of methoxy groups -OCH3 is 1. The minimum Gasteiger partial charge on any atom is -0.469 e. The monoisotopic (exact) mass is 456 g/mol. The van der Waals surface area contributed by atoms with Gasteiger partial charge in [-0.15, -0.1) is 6.58 Å². The molecule has 0 bridgehead atoms. The van der Waals surface area contributed by atoms with Crippen molar-refractivity contribution in [1.82, 2.24) is 0 Å². The highest BCUT2D eigenvalue weighted by Gasteiger charge is 2.54. The van der Waals surface area contributed by atoms with Gasteiger partial charge in [-0.05, 0) is 42.9 Å². The molecule has 0 aromatic heterocycles. The van der Waals surface area contributed by atoms with Gasteiger partial charge >= 0.3 is 5.97 Å². The van der Waals surface area contributed by atoms with Crippen LogP contribution in [0.15, 0.2) is 72.1 Å². The Morgan fingerprint density at radius 1 is 1.13 bits per heavy atom. The summed E-state index contributed by atoms with van der Waals surface area (Å²) < 4.78 is 31.9. The molecule has 3 rings (SSSR count). The van der Waals surface area contributed by atoms with Crippen LogP contribution in [-0.2, 0) is 19.4 Å². The molecule has 0 amide bonds. The van der Waals surface area contributed by atoms with E-state index in [-0.39, 0.29) is 35.0 Å². The summed E-state index contributed by atoms with van der Waals surface area (Å²) in [6.07, 6.45) is 2.42. The zero-order chi connectivity index (χ0) is 22.8. The average molecular weight is 457 g/mol. The van der Waals surface area contributed by atoms with E-state index >= 15 is 0 Å². The van der Waals surface area contributed by atoms with Crippen molar-refractivity contribution in [3.05, 3.63) is 72.8 Å². The third kappa shape index (κ3) is 4.70. The zero-order valence-corrected chi connectivity index (χ0v) is 20.6. The van der Waals surface area contributed by atoms with Crippen molar-refractivity contribution >= 4 is 29.1 Å². The van der Waals surface area contributed by atoms with E-state index in [0.717, 1.165) is 5.56 Å². The van der Waals surface area contributed by atoms with Gasteiger partial charge in [-0.25, -0.2) is 8.42 Å². The van der Waals surface area contributed by atoms with E-state index in [0.29, 0.717) is 11.3 Å². The summed E-state index contributed by atoms with van der Waals surface area (Å²) >= 11 is 0. The number of carbonyl (C=O) groups is 1. The lowest BCUT2D eigenvalue weighted by molar-refractivity contribution is -0.145. The molecule has 4 nitrogen and oxygen atoms in total. The predicted molar refractivity (Wildman–Crippen MR) is 128 cm³/mol. The molecular formula is C25H32O4SSi. The van der Waals surface area contributed by atoms with Gasteiger partial charge in [-0.2, -0.15) is 0 Å². The van der Waals surface area contributed by atoms with Gasteiger partial charge in [-0.3, -0.25) is 4.79 Å². The van der Waals surface area contributed by atoms with Crippen LogP contribution in [0, 0.1) is 24.7 Å². The predicted octanol–water partition coefficient (Wildman–Crippen LogP) is 4.37. The number of aryl methyl sites for hydroxylation is 1. The summed E-state index contributed by atoms with van der Waals surface area (Å²) in [7, 11) is -4.33. The third-order valence-corrected chi connectivity index (χ3v) is 13.1. The highest BCUT2D eigenvalue weighted by molar-refractivity contribution is 7.91. The zero-order valence-electron chi connectivity index (χ0n) is 18.7. The minimum absolute atomic E-state index is 0.00811.